The van der Waals surface area contributed by atoms with Crippen molar-refractivity contribution in [3.05, 3.63) is 29.6 Å². The summed E-state index contributed by atoms with van der Waals surface area (Å²) in [7, 11) is 0. The normalized spacial score (nSPS) is 17.0. The molecule has 2 heterocycles. The van der Waals surface area contributed by atoms with Gasteiger partial charge in [-0.25, -0.2) is 4.98 Å². The fraction of sp³-hybridized carbons (Fsp3) is 0.600. The maximum Gasteiger partial charge on any atom is 0.272 e. The quantitative estimate of drug-likeness (QED) is 0.887. The van der Waals surface area contributed by atoms with Crippen LogP contribution in [0.15, 0.2) is 18.2 Å². The lowest BCUT2D eigenvalue weighted by molar-refractivity contribution is 0.0755. The molecular weight excluding hydrogens is 252 g/mol. The van der Waals surface area contributed by atoms with E-state index in [2.05, 4.69) is 9.88 Å². The average molecular weight is 276 g/mol. The highest BCUT2D eigenvalue weighted by molar-refractivity contribution is 5.92. The molecule has 0 aliphatic carbocycles. The van der Waals surface area contributed by atoms with Gasteiger partial charge in [-0.3, -0.25) is 4.79 Å². The minimum Gasteiger partial charge on any atom is -0.336 e. The Morgan fingerprint density at radius 1 is 1.30 bits per heavy atom. The molecule has 1 aliphatic rings. The van der Waals surface area contributed by atoms with Crippen LogP contribution < -0.4 is 5.73 Å². The minimum atomic E-state index is 0.0503. The zero-order chi connectivity index (χ0) is 14.4. The lowest BCUT2D eigenvalue weighted by Gasteiger charge is -2.21. The highest BCUT2D eigenvalue weighted by Gasteiger charge is 2.20. The zero-order valence-corrected chi connectivity index (χ0v) is 12.2. The zero-order valence-electron chi connectivity index (χ0n) is 12.2. The Morgan fingerprint density at radius 3 is 2.90 bits per heavy atom. The van der Waals surface area contributed by atoms with E-state index in [1.54, 1.807) is 6.07 Å². The molecule has 5 nitrogen and oxygen atoms in total. The maximum absolute atomic E-state index is 12.5. The second-order valence-corrected chi connectivity index (χ2v) is 5.29. The molecule has 2 rings (SSSR count). The van der Waals surface area contributed by atoms with Gasteiger partial charge < -0.3 is 15.5 Å². The van der Waals surface area contributed by atoms with Crippen molar-refractivity contribution in [2.24, 2.45) is 5.73 Å². The van der Waals surface area contributed by atoms with Crippen LogP contribution in [0.5, 0.6) is 0 Å². The van der Waals surface area contributed by atoms with Crippen molar-refractivity contribution in [3.8, 4) is 0 Å². The molecule has 1 aromatic rings. The third kappa shape index (κ3) is 4.02. The fourth-order valence-corrected chi connectivity index (χ4v) is 2.54. The van der Waals surface area contributed by atoms with Crippen LogP contribution in [0, 0.1) is 6.92 Å². The minimum absolute atomic E-state index is 0.0503. The molecule has 1 fully saturated rings. The van der Waals surface area contributed by atoms with Gasteiger partial charge >= 0.3 is 0 Å². The van der Waals surface area contributed by atoms with E-state index in [1.165, 1.54) is 0 Å². The van der Waals surface area contributed by atoms with E-state index >= 15 is 0 Å². The number of nitrogens with two attached hydrogens (primary N) is 1. The van der Waals surface area contributed by atoms with Gasteiger partial charge in [-0.1, -0.05) is 6.07 Å². The third-order valence-corrected chi connectivity index (χ3v) is 3.66. The summed E-state index contributed by atoms with van der Waals surface area (Å²) in [5.74, 6) is 0.0503. The highest BCUT2D eigenvalue weighted by atomic mass is 16.2. The predicted molar refractivity (Wildman–Crippen MR) is 79.6 cm³/mol. The van der Waals surface area contributed by atoms with Gasteiger partial charge in [-0.15, -0.1) is 0 Å². The number of aryl methyl sites for hydroxylation is 1. The van der Waals surface area contributed by atoms with E-state index in [0.29, 0.717) is 5.69 Å². The van der Waals surface area contributed by atoms with Crippen LogP contribution in [-0.2, 0) is 0 Å². The van der Waals surface area contributed by atoms with E-state index in [-0.39, 0.29) is 5.91 Å². The Morgan fingerprint density at radius 2 is 2.15 bits per heavy atom. The molecule has 110 valence electrons. The summed E-state index contributed by atoms with van der Waals surface area (Å²) >= 11 is 0. The van der Waals surface area contributed by atoms with Gasteiger partial charge in [-0.05, 0) is 51.5 Å². The third-order valence-electron chi connectivity index (χ3n) is 3.66. The number of nitrogens with zero attached hydrogens (tertiary/aromatic N) is 3. The number of hydrogen-bond donors (Lipinski definition) is 1. The molecule has 20 heavy (non-hydrogen) atoms. The molecule has 0 saturated carbocycles. The topological polar surface area (TPSA) is 62.5 Å². The molecule has 5 heteroatoms. The van der Waals surface area contributed by atoms with E-state index in [1.807, 2.05) is 24.0 Å². The van der Waals surface area contributed by atoms with Crippen LogP contribution in [0.25, 0.3) is 0 Å². The van der Waals surface area contributed by atoms with E-state index in [0.717, 1.165) is 57.8 Å². The van der Waals surface area contributed by atoms with Gasteiger partial charge in [0.2, 0.25) is 0 Å². The van der Waals surface area contributed by atoms with Crippen LogP contribution in [-0.4, -0.2) is 60.0 Å². The lowest BCUT2D eigenvalue weighted by Crippen LogP contribution is -2.36. The van der Waals surface area contributed by atoms with Gasteiger partial charge in [-0.2, -0.15) is 0 Å². The average Bonchev–Trinajstić information content (AvgIpc) is 2.70. The molecule has 0 unspecified atom stereocenters. The number of pyridine rings is 1. The van der Waals surface area contributed by atoms with Crippen LogP contribution in [0.4, 0.5) is 0 Å². The van der Waals surface area contributed by atoms with Crippen LogP contribution in [0.2, 0.25) is 0 Å². The summed E-state index contributed by atoms with van der Waals surface area (Å²) in [6.07, 6.45) is 2.04. The number of aromatic nitrogens is 1. The molecule has 1 saturated heterocycles. The van der Waals surface area contributed by atoms with Gasteiger partial charge in [0.15, 0.2) is 0 Å². The van der Waals surface area contributed by atoms with Crippen LogP contribution in [0.3, 0.4) is 0 Å². The van der Waals surface area contributed by atoms with Crippen molar-refractivity contribution in [1.29, 1.82) is 0 Å². The monoisotopic (exact) mass is 276 g/mol. The van der Waals surface area contributed by atoms with Gasteiger partial charge in [0.25, 0.3) is 5.91 Å². The van der Waals surface area contributed by atoms with E-state index in [4.69, 9.17) is 5.73 Å². The van der Waals surface area contributed by atoms with Crippen molar-refractivity contribution >= 4 is 5.91 Å². The summed E-state index contributed by atoms with van der Waals surface area (Å²) in [5, 5.41) is 0. The number of hydrogen-bond acceptors (Lipinski definition) is 4. The van der Waals surface area contributed by atoms with Crippen molar-refractivity contribution < 1.29 is 4.79 Å². The summed E-state index contributed by atoms with van der Waals surface area (Å²) < 4.78 is 0. The van der Waals surface area contributed by atoms with Crippen molar-refractivity contribution in [2.45, 2.75) is 19.8 Å². The molecule has 1 aliphatic heterocycles. The molecule has 1 amide bonds. The number of carbonyl (C=O) groups excluding carboxylic acids is 1. The molecule has 0 aromatic carbocycles. The first-order chi connectivity index (χ1) is 9.70. The van der Waals surface area contributed by atoms with E-state index < -0.39 is 0 Å². The number of amides is 1. The summed E-state index contributed by atoms with van der Waals surface area (Å²) in [6, 6.07) is 5.60. The molecular formula is C15H24N4O. The number of rotatable bonds is 4. The first-order valence-corrected chi connectivity index (χ1v) is 7.36. The van der Waals surface area contributed by atoms with Gasteiger partial charge in [0.05, 0.1) is 0 Å². The van der Waals surface area contributed by atoms with E-state index in [9.17, 15) is 4.79 Å². The second-order valence-electron chi connectivity index (χ2n) is 5.29. The summed E-state index contributed by atoms with van der Waals surface area (Å²) in [5.41, 5.74) is 6.99. The maximum atomic E-state index is 12.5. The molecule has 0 radical (unpaired) electrons. The van der Waals surface area contributed by atoms with Crippen LogP contribution in [0.1, 0.15) is 29.0 Å². The van der Waals surface area contributed by atoms with Crippen molar-refractivity contribution in [3.63, 3.8) is 0 Å². The number of carbonyl (C=O) groups is 1. The first-order valence-electron chi connectivity index (χ1n) is 7.36. The summed E-state index contributed by atoms with van der Waals surface area (Å²) in [6.45, 7) is 7.23. The lowest BCUT2D eigenvalue weighted by atomic mass is 10.2. The van der Waals surface area contributed by atoms with Crippen molar-refractivity contribution in [2.75, 3.05) is 39.3 Å². The predicted octanol–water partition coefficient (Wildman–Crippen LogP) is 0.887. The fourth-order valence-electron chi connectivity index (χ4n) is 2.54. The second kappa shape index (κ2) is 7.36. The Bertz CT molecular complexity index is 449. The van der Waals surface area contributed by atoms with Gasteiger partial charge in [0.1, 0.15) is 5.69 Å². The molecule has 1 aromatic heterocycles. The largest absolute Gasteiger partial charge is 0.336 e. The molecule has 0 atom stereocenters. The summed E-state index contributed by atoms with van der Waals surface area (Å²) in [4.78, 5) is 21.1. The molecule has 2 N–H and O–H groups in total. The standard InChI is InChI=1S/C15H24N4O/c1-13-5-2-6-14(17-13)15(20)19-10-4-9-18(11-12-19)8-3-7-16/h2,5-6H,3-4,7-12,16H2,1H3. The Kier molecular flexibility index (Phi) is 5.49. The Hall–Kier alpha value is -1.46. The first kappa shape index (κ1) is 14.9. The molecule has 0 spiro atoms. The van der Waals surface area contributed by atoms with Crippen molar-refractivity contribution in [1.82, 2.24) is 14.8 Å². The highest BCUT2D eigenvalue weighted by Crippen LogP contribution is 2.08. The Balaban J connectivity index is 1.94. The van der Waals surface area contributed by atoms with Gasteiger partial charge in [0, 0.05) is 25.3 Å². The molecule has 0 bridgehead atoms. The van der Waals surface area contributed by atoms with Crippen LogP contribution >= 0.6 is 0 Å². The Labute approximate surface area is 120 Å². The smallest absolute Gasteiger partial charge is 0.272 e. The SMILES string of the molecule is Cc1cccc(C(=O)N2CCCN(CCCN)CC2)n1.